The Morgan fingerprint density at radius 1 is 0.857 bits per heavy atom. The second-order valence-corrected chi connectivity index (χ2v) is 17.7. The van der Waals surface area contributed by atoms with Gasteiger partial charge in [0.05, 0.1) is 24.8 Å². The number of likely N-dealkylation sites (N-methyl/N-ethyl adjacent to an activating group) is 1. The summed E-state index contributed by atoms with van der Waals surface area (Å²) in [5.41, 5.74) is 2.77. The first-order chi connectivity index (χ1) is 30.9. The van der Waals surface area contributed by atoms with Gasteiger partial charge in [-0.15, -0.1) is 6.58 Å². The van der Waals surface area contributed by atoms with Crippen molar-refractivity contribution in [1.29, 1.82) is 0 Å². The summed E-state index contributed by atoms with van der Waals surface area (Å²) in [7, 11) is 1.78. The smallest absolute Gasteiger partial charge is 0.409 e. The van der Waals surface area contributed by atoms with E-state index in [1.165, 1.54) is 44.9 Å². The molecule has 1 heterocycles. The number of ether oxygens (including phenoxy) is 4. The lowest BCUT2D eigenvalue weighted by Crippen LogP contribution is -2.69. The lowest BCUT2D eigenvalue weighted by atomic mass is 9.55. The Hall–Kier alpha value is -4.38. The summed E-state index contributed by atoms with van der Waals surface area (Å²) in [5, 5.41) is 26.8. The molecule has 10 nitrogen and oxygen atoms in total. The van der Waals surface area contributed by atoms with E-state index in [1.807, 2.05) is 37.3 Å². The molecular formula is C53H74N2O8. The third-order valence-electron chi connectivity index (χ3n) is 13.4. The van der Waals surface area contributed by atoms with Gasteiger partial charge in [0.1, 0.15) is 29.9 Å². The van der Waals surface area contributed by atoms with Gasteiger partial charge in [-0.3, -0.25) is 0 Å². The van der Waals surface area contributed by atoms with Crippen molar-refractivity contribution in [1.82, 2.24) is 4.90 Å². The van der Waals surface area contributed by atoms with Crippen molar-refractivity contribution >= 4 is 22.6 Å². The molecule has 6 rings (SSSR count). The predicted molar refractivity (Wildman–Crippen MR) is 252 cm³/mol. The Kier molecular flexibility index (Phi) is 18.8. The molecule has 2 N–H and O–H groups in total. The van der Waals surface area contributed by atoms with Crippen molar-refractivity contribution in [3.63, 3.8) is 0 Å². The number of benzene rings is 3. The number of allylic oxidation sites excluding steroid dienone is 1. The van der Waals surface area contributed by atoms with E-state index < -0.39 is 23.8 Å². The zero-order valence-electron chi connectivity index (χ0n) is 38.3. The number of carbonyl (C=O) groups excluding carboxylic acids is 1. The van der Waals surface area contributed by atoms with Gasteiger partial charge in [-0.1, -0.05) is 125 Å². The summed E-state index contributed by atoms with van der Waals surface area (Å²) < 4.78 is 26.9. The lowest BCUT2D eigenvalue weighted by Gasteiger charge is -2.59. The molecule has 0 saturated heterocycles. The fraction of sp³-hybridized carbons (Fsp3) is 0.585. The maximum atomic E-state index is 14.2. The van der Waals surface area contributed by atoms with Crippen LogP contribution in [-0.4, -0.2) is 78.8 Å². The van der Waals surface area contributed by atoms with Gasteiger partial charge in [0.2, 0.25) is 5.79 Å². The standard InChI is InChI=1S/C53H74N2O8/c1-5-8-9-10-11-12-13-14-15-22-34-59-52(58)55(4)49-38-47(54-61-7-3)45-36-41(25-18-20-31-56)44(26-19-21-32-57)50-46-37-43(62-42-28-27-39-23-16-17-24-40(39)35-42)29-30-48(46)63-53(49,51(45)50)60-33-6-2/h6,16-17,23-24,27-30,35-37,41,44,49-51,56-57H,2,5,7-15,18-22,25-26,31-34,38H2,1,3-4H3. The molecule has 10 heteroatoms. The summed E-state index contributed by atoms with van der Waals surface area (Å²) in [4.78, 5) is 21.7. The van der Waals surface area contributed by atoms with E-state index in [0.717, 1.165) is 78.3 Å². The van der Waals surface area contributed by atoms with E-state index >= 15 is 0 Å². The largest absolute Gasteiger partial charge is 0.459 e. The number of oxime groups is 1. The minimum atomic E-state index is -1.33. The quantitative estimate of drug-likeness (QED) is 0.0442. The number of aliphatic hydroxyl groups excluding tert-OH is 2. The maximum absolute atomic E-state index is 14.2. The Bertz CT molecular complexity index is 1960. The summed E-state index contributed by atoms with van der Waals surface area (Å²) in [6.07, 6.45) is 20.8. The molecule has 0 radical (unpaired) electrons. The number of unbranched alkanes of at least 4 members (excludes halogenated alkanes) is 11. The molecule has 0 aromatic heterocycles. The molecule has 3 aromatic carbocycles. The highest BCUT2D eigenvalue weighted by Gasteiger charge is 2.65. The Balaban J connectivity index is 1.36. The molecule has 6 unspecified atom stereocenters. The third-order valence-corrected chi connectivity index (χ3v) is 13.4. The van der Waals surface area contributed by atoms with Crippen LogP contribution in [0, 0.1) is 17.8 Å². The van der Waals surface area contributed by atoms with Crippen LogP contribution in [0.1, 0.15) is 134 Å². The Morgan fingerprint density at radius 2 is 1.54 bits per heavy atom. The normalized spacial score (nSPS) is 23.0. The summed E-state index contributed by atoms with van der Waals surface area (Å²) >= 11 is 0. The number of rotatable bonds is 27. The molecule has 6 atom stereocenters. The molecule has 0 spiro atoms. The van der Waals surface area contributed by atoms with Gasteiger partial charge in [-0.25, -0.2) is 4.79 Å². The van der Waals surface area contributed by atoms with E-state index in [9.17, 15) is 15.0 Å². The van der Waals surface area contributed by atoms with Gasteiger partial charge in [-0.05, 0) is 97.5 Å². The fourth-order valence-corrected chi connectivity index (χ4v) is 10.3. The van der Waals surface area contributed by atoms with Crippen LogP contribution in [0.5, 0.6) is 17.2 Å². The molecule has 2 aliphatic carbocycles. The molecule has 1 aliphatic heterocycles. The van der Waals surface area contributed by atoms with Gasteiger partial charge >= 0.3 is 6.09 Å². The molecule has 1 saturated carbocycles. The molecule has 1 amide bonds. The van der Waals surface area contributed by atoms with Crippen molar-refractivity contribution in [2.24, 2.45) is 22.9 Å². The number of carbonyl (C=O) groups is 1. The van der Waals surface area contributed by atoms with Crippen molar-refractivity contribution in [2.45, 2.75) is 141 Å². The third kappa shape index (κ3) is 12.1. The average Bonchev–Trinajstić information content (AvgIpc) is 3.30. The number of nitrogens with zero attached hydrogens (tertiary/aromatic N) is 2. The van der Waals surface area contributed by atoms with Crippen LogP contribution in [0.15, 0.2) is 90.1 Å². The zero-order chi connectivity index (χ0) is 44.4. The predicted octanol–water partition coefficient (Wildman–Crippen LogP) is 12.3. The van der Waals surface area contributed by atoms with E-state index in [-0.39, 0.29) is 37.6 Å². The molecule has 63 heavy (non-hydrogen) atoms. The van der Waals surface area contributed by atoms with Gasteiger partial charge in [0.25, 0.3) is 0 Å². The van der Waals surface area contributed by atoms with Crippen molar-refractivity contribution < 1.29 is 38.8 Å². The molecular weight excluding hydrogens is 793 g/mol. The number of hydrogen-bond donors (Lipinski definition) is 2. The van der Waals surface area contributed by atoms with Crippen LogP contribution < -0.4 is 9.47 Å². The summed E-state index contributed by atoms with van der Waals surface area (Å²) in [6, 6.07) is 19.8. The van der Waals surface area contributed by atoms with Crippen molar-refractivity contribution in [3.05, 3.63) is 90.5 Å². The SMILES string of the molecule is C=CCOC12Oc3ccc(Oc4ccc5ccccc5c4)cc3C3C(CCCCO)C(CCCCO)C=C(C(=NOCC)CC1N(C)C(=O)OCCCCCCCCCCCC)C32. The first kappa shape index (κ1) is 48.1. The Morgan fingerprint density at radius 3 is 2.25 bits per heavy atom. The number of amides is 1. The second-order valence-electron chi connectivity index (χ2n) is 17.7. The number of fused-ring (bicyclic) bond motifs is 3. The number of aliphatic hydroxyl groups is 2. The maximum Gasteiger partial charge on any atom is 0.409 e. The van der Waals surface area contributed by atoms with Gasteiger partial charge < -0.3 is 38.9 Å². The number of hydrogen-bond acceptors (Lipinski definition) is 9. The van der Waals surface area contributed by atoms with E-state index in [0.29, 0.717) is 44.0 Å². The molecule has 0 bridgehead atoms. The van der Waals surface area contributed by atoms with Crippen LogP contribution in [0.4, 0.5) is 4.79 Å². The topological polar surface area (TPSA) is 119 Å². The van der Waals surface area contributed by atoms with E-state index in [1.54, 1.807) is 18.0 Å². The lowest BCUT2D eigenvalue weighted by molar-refractivity contribution is -0.253. The van der Waals surface area contributed by atoms with Gasteiger partial charge in [-0.2, -0.15) is 0 Å². The van der Waals surface area contributed by atoms with Crippen LogP contribution in [0.25, 0.3) is 10.8 Å². The second kappa shape index (κ2) is 24.6. The molecule has 344 valence electrons. The minimum Gasteiger partial charge on any atom is -0.459 e. The van der Waals surface area contributed by atoms with Crippen LogP contribution >= 0.6 is 0 Å². The van der Waals surface area contributed by atoms with E-state index in [4.69, 9.17) is 28.9 Å². The van der Waals surface area contributed by atoms with Crippen LogP contribution in [-0.2, 0) is 14.3 Å². The molecule has 1 fully saturated rings. The highest BCUT2D eigenvalue weighted by molar-refractivity contribution is 6.03. The highest BCUT2D eigenvalue weighted by Crippen LogP contribution is 2.62. The molecule has 3 aliphatic rings. The van der Waals surface area contributed by atoms with Crippen LogP contribution in [0.3, 0.4) is 0 Å². The monoisotopic (exact) mass is 867 g/mol. The van der Waals surface area contributed by atoms with Gasteiger partial charge in [0.15, 0.2) is 0 Å². The molecule has 3 aromatic rings. The van der Waals surface area contributed by atoms with Gasteiger partial charge in [0, 0.05) is 38.2 Å². The average molecular weight is 867 g/mol. The van der Waals surface area contributed by atoms with E-state index in [2.05, 4.69) is 49.9 Å². The zero-order valence-corrected chi connectivity index (χ0v) is 38.3. The summed E-state index contributed by atoms with van der Waals surface area (Å²) in [6.45, 7) is 9.38. The first-order valence-electron chi connectivity index (χ1n) is 24.2. The Labute approximate surface area is 376 Å². The van der Waals surface area contributed by atoms with Crippen molar-refractivity contribution in [2.75, 3.05) is 40.1 Å². The van der Waals surface area contributed by atoms with Crippen molar-refractivity contribution in [3.8, 4) is 17.2 Å². The van der Waals surface area contributed by atoms with Crippen LogP contribution in [0.2, 0.25) is 0 Å². The minimum absolute atomic E-state index is 0.106. The first-order valence-corrected chi connectivity index (χ1v) is 24.2. The highest BCUT2D eigenvalue weighted by atomic mass is 16.7. The fourth-order valence-electron chi connectivity index (χ4n) is 10.3. The summed E-state index contributed by atoms with van der Waals surface area (Å²) in [5.74, 6) is 0.461.